The van der Waals surface area contributed by atoms with Crippen LogP contribution in [0, 0.1) is 11.3 Å². The SMILES string of the molecule is CCN(c1ccc(C#N)cc1)C1CN(C(=O)O)C1. The molecule has 1 heterocycles. The number of amides is 1. The summed E-state index contributed by atoms with van der Waals surface area (Å²) in [5, 5.41) is 17.6. The fourth-order valence-corrected chi connectivity index (χ4v) is 2.19. The van der Waals surface area contributed by atoms with E-state index in [2.05, 4.69) is 11.0 Å². The third-order valence-corrected chi connectivity index (χ3v) is 3.24. The second-order valence-corrected chi connectivity index (χ2v) is 4.29. The Kier molecular flexibility index (Phi) is 3.38. The fourth-order valence-electron chi connectivity index (χ4n) is 2.19. The van der Waals surface area contributed by atoms with Crippen molar-refractivity contribution in [2.24, 2.45) is 0 Å². The molecule has 0 aromatic heterocycles. The second kappa shape index (κ2) is 4.96. The molecule has 1 aliphatic rings. The number of carboxylic acid groups (broad SMARTS) is 1. The zero-order valence-corrected chi connectivity index (χ0v) is 10.2. The van der Waals surface area contributed by atoms with Gasteiger partial charge in [0.2, 0.25) is 0 Å². The molecule has 1 amide bonds. The van der Waals surface area contributed by atoms with Gasteiger partial charge in [-0.3, -0.25) is 0 Å². The second-order valence-electron chi connectivity index (χ2n) is 4.29. The molecule has 18 heavy (non-hydrogen) atoms. The van der Waals surface area contributed by atoms with Gasteiger partial charge in [-0.25, -0.2) is 4.79 Å². The maximum Gasteiger partial charge on any atom is 0.407 e. The molecule has 0 bridgehead atoms. The summed E-state index contributed by atoms with van der Waals surface area (Å²) < 4.78 is 0. The largest absolute Gasteiger partial charge is 0.465 e. The first-order valence-electron chi connectivity index (χ1n) is 5.90. The van der Waals surface area contributed by atoms with Gasteiger partial charge in [0, 0.05) is 25.3 Å². The molecule has 2 rings (SSSR count). The molecule has 1 aliphatic heterocycles. The third-order valence-electron chi connectivity index (χ3n) is 3.24. The minimum Gasteiger partial charge on any atom is -0.465 e. The van der Waals surface area contributed by atoms with Crippen molar-refractivity contribution in [2.75, 3.05) is 24.5 Å². The van der Waals surface area contributed by atoms with Crippen LogP contribution in [0.2, 0.25) is 0 Å². The fraction of sp³-hybridized carbons (Fsp3) is 0.385. The van der Waals surface area contributed by atoms with Gasteiger partial charge in [0.25, 0.3) is 0 Å². The summed E-state index contributed by atoms with van der Waals surface area (Å²) in [5.41, 5.74) is 1.67. The van der Waals surface area contributed by atoms with Crippen molar-refractivity contribution in [3.8, 4) is 6.07 Å². The number of likely N-dealkylation sites (N-methyl/N-ethyl adjacent to an activating group) is 1. The zero-order valence-electron chi connectivity index (χ0n) is 10.2. The monoisotopic (exact) mass is 245 g/mol. The van der Waals surface area contributed by atoms with Crippen LogP contribution in [0.15, 0.2) is 24.3 Å². The van der Waals surface area contributed by atoms with Gasteiger partial charge in [-0.15, -0.1) is 0 Å². The van der Waals surface area contributed by atoms with Crippen molar-refractivity contribution in [2.45, 2.75) is 13.0 Å². The van der Waals surface area contributed by atoms with Crippen molar-refractivity contribution < 1.29 is 9.90 Å². The predicted molar refractivity (Wildman–Crippen MR) is 67.6 cm³/mol. The Morgan fingerprint density at radius 2 is 2.11 bits per heavy atom. The summed E-state index contributed by atoms with van der Waals surface area (Å²) in [6, 6.07) is 9.70. The number of nitrogens with zero attached hydrogens (tertiary/aromatic N) is 3. The standard InChI is InChI=1S/C13H15N3O2/c1-2-16(12-8-15(9-12)13(17)18)11-5-3-10(7-14)4-6-11/h3-6,12H,2,8-9H2,1H3,(H,17,18). The van der Waals surface area contributed by atoms with Gasteiger partial charge in [-0.1, -0.05) is 0 Å². The van der Waals surface area contributed by atoms with E-state index in [1.54, 1.807) is 12.1 Å². The molecule has 1 saturated heterocycles. The van der Waals surface area contributed by atoms with E-state index in [9.17, 15) is 4.79 Å². The molecule has 5 heteroatoms. The lowest BCUT2D eigenvalue weighted by Crippen LogP contribution is -2.61. The first-order chi connectivity index (χ1) is 8.65. The molecule has 1 aromatic rings. The van der Waals surface area contributed by atoms with Crippen LogP contribution in [0.3, 0.4) is 0 Å². The Morgan fingerprint density at radius 1 is 1.50 bits per heavy atom. The maximum absolute atomic E-state index is 10.7. The van der Waals surface area contributed by atoms with Crippen LogP contribution in [-0.2, 0) is 0 Å². The molecule has 0 saturated carbocycles. The van der Waals surface area contributed by atoms with E-state index in [0.29, 0.717) is 18.7 Å². The molecule has 1 N–H and O–H groups in total. The number of rotatable bonds is 3. The number of hydrogen-bond donors (Lipinski definition) is 1. The van der Waals surface area contributed by atoms with Crippen molar-refractivity contribution in [1.82, 2.24) is 4.90 Å². The van der Waals surface area contributed by atoms with Gasteiger partial charge >= 0.3 is 6.09 Å². The van der Waals surface area contributed by atoms with E-state index in [-0.39, 0.29) is 6.04 Å². The highest BCUT2D eigenvalue weighted by atomic mass is 16.4. The molecular formula is C13H15N3O2. The highest BCUT2D eigenvalue weighted by Crippen LogP contribution is 2.23. The summed E-state index contributed by atoms with van der Waals surface area (Å²) in [6.45, 7) is 3.96. The summed E-state index contributed by atoms with van der Waals surface area (Å²) in [4.78, 5) is 14.3. The van der Waals surface area contributed by atoms with Crippen LogP contribution >= 0.6 is 0 Å². The average Bonchev–Trinajstić information content (AvgIpc) is 2.32. The normalized spacial score (nSPS) is 14.8. The molecule has 0 atom stereocenters. The van der Waals surface area contributed by atoms with Gasteiger partial charge in [0.05, 0.1) is 17.7 Å². The van der Waals surface area contributed by atoms with E-state index >= 15 is 0 Å². The molecular weight excluding hydrogens is 230 g/mol. The Morgan fingerprint density at radius 3 is 2.56 bits per heavy atom. The van der Waals surface area contributed by atoms with E-state index < -0.39 is 6.09 Å². The van der Waals surface area contributed by atoms with Crippen molar-refractivity contribution in [3.05, 3.63) is 29.8 Å². The van der Waals surface area contributed by atoms with Gasteiger partial charge in [0.1, 0.15) is 0 Å². The smallest absolute Gasteiger partial charge is 0.407 e. The molecule has 5 nitrogen and oxygen atoms in total. The highest BCUT2D eigenvalue weighted by Gasteiger charge is 2.34. The summed E-state index contributed by atoms with van der Waals surface area (Å²) in [7, 11) is 0. The van der Waals surface area contributed by atoms with Crippen LogP contribution in [-0.4, -0.2) is 41.8 Å². The lowest BCUT2D eigenvalue weighted by molar-refractivity contribution is 0.104. The zero-order chi connectivity index (χ0) is 13.1. The van der Waals surface area contributed by atoms with E-state index in [1.165, 1.54) is 4.90 Å². The number of nitriles is 1. The van der Waals surface area contributed by atoms with Crippen LogP contribution in [0.5, 0.6) is 0 Å². The van der Waals surface area contributed by atoms with Crippen LogP contribution in [0.1, 0.15) is 12.5 Å². The number of carbonyl (C=O) groups is 1. The average molecular weight is 245 g/mol. The molecule has 1 fully saturated rings. The topological polar surface area (TPSA) is 67.6 Å². The van der Waals surface area contributed by atoms with Crippen molar-refractivity contribution in [1.29, 1.82) is 5.26 Å². The van der Waals surface area contributed by atoms with Crippen LogP contribution in [0.25, 0.3) is 0 Å². The highest BCUT2D eigenvalue weighted by molar-refractivity contribution is 5.67. The van der Waals surface area contributed by atoms with E-state index in [0.717, 1.165) is 12.2 Å². The molecule has 0 unspecified atom stereocenters. The quantitative estimate of drug-likeness (QED) is 0.880. The van der Waals surface area contributed by atoms with Gasteiger partial charge in [0.15, 0.2) is 0 Å². The number of hydrogen-bond acceptors (Lipinski definition) is 3. The van der Waals surface area contributed by atoms with E-state index in [4.69, 9.17) is 10.4 Å². The Hall–Kier alpha value is -2.22. The minimum absolute atomic E-state index is 0.235. The Labute approximate surface area is 106 Å². The molecule has 94 valence electrons. The third kappa shape index (κ3) is 2.23. The maximum atomic E-state index is 10.7. The van der Waals surface area contributed by atoms with Crippen LogP contribution < -0.4 is 4.90 Å². The Bertz CT molecular complexity index is 472. The first-order valence-corrected chi connectivity index (χ1v) is 5.90. The summed E-state index contributed by atoms with van der Waals surface area (Å²) in [5.74, 6) is 0. The first kappa shape index (κ1) is 12.2. The summed E-state index contributed by atoms with van der Waals surface area (Å²) >= 11 is 0. The molecule has 0 aliphatic carbocycles. The lowest BCUT2D eigenvalue weighted by Gasteiger charge is -2.44. The molecule has 0 radical (unpaired) electrons. The van der Waals surface area contributed by atoms with Gasteiger partial charge in [-0.2, -0.15) is 5.26 Å². The lowest BCUT2D eigenvalue weighted by atomic mass is 10.1. The number of likely N-dealkylation sites (tertiary alicyclic amines) is 1. The summed E-state index contributed by atoms with van der Waals surface area (Å²) in [6.07, 6.45) is -0.859. The number of anilines is 1. The predicted octanol–water partition coefficient (Wildman–Crippen LogP) is 1.75. The van der Waals surface area contributed by atoms with Gasteiger partial charge in [-0.05, 0) is 31.2 Å². The van der Waals surface area contributed by atoms with Gasteiger partial charge < -0.3 is 14.9 Å². The molecule has 1 aromatic carbocycles. The number of benzene rings is 1. The van der Waals surface area contributed by atoms with E-state index in [1.807, 2.05) is 19.1 Å². The van der Waals surface area contributed by atoms with Crippen LogP contribution in [0.4, 0.5) is 10.5 Å². The molecule has 0 spiro atoms. The van der Waals surface area contributed by atoms with Crippen molar-refractivity contribution >= 4 is 11.8 Å². The minimum atomic E-state index is -0.859. The Balaban J connectivity index is 2.05. The van der Waals surface area contributed by atoms with Crippen molar-refractivity contribution in [3.63, 3.8) is 0 Å².